The maximum Gasteiger partial charge on any atom is 0.163 e. The van der Waals surface area contributed by atoms with E-state index in [0.717, 1.165) is 18.4 Å². The van der Waals surface area contributed by atoms with Crippen LogP contribution in [-0.2, 0) is 4.79 Å². The molecule has 3 rings (SSSR count). The predicted molar refractivity (Wildman–Crippen MR) is 91.9 cm³/mol. The molecular formula is C20H19ClO2. The van der Waals surface area contributed by atoms with Gasteiger partial charge < -0.3 is 0 Å². The lowest BCUT2D eigenvalue weighted by Crippen LogP contribution is -2.20. The number of ketones is 2. The SMILES string of the molecule is O=C(C[C@H](c1ccc(Cl)cc1)[C@H]1CCCC1=O)c1ccccc1. The second kappa shape index (κ2) is 7.10. The zero-order chi connectivity index (χ0) is 16.2. The van der Waals surface area contributed by atoms with Crippen LogP contribution in [0.4, 0.5) is 0 Å². The van der Waals surface area contributed by atoms with E-state index in [4.69, 9.17) is 11.6 Å². The maximum atomic E-state index is 12.6. The molecule has 3 heteroatoms. The lowest BCUT2D eigenvalue weighted by atomic mass is 9.80. The molecule has 0 N–H and O–H groups in total. The molecule has 0 saturated heterocycles. The summed E-state index contributed by atoms with van der Waals surface area (Å²) in [6, 6.07) is 16.8. The molecule has 0 bridgehead atoms. The van der Waals surface area contributed by atoms with Gasteiger partial charge in [-0.05, 0) is 30.5 Å². The zero-order valence-electron chi connectivity index (χ0n) is 12.9. The smallest absolute Gasteiger partial charge is 0.163 e. The van der Waals surface area contributed by atoms with Crippen molar-refractivity contribution in [3.63, 3.8) is 0 Å². The monoisotopic (exact) mass is 326 g/mol. The molecule has 1 aliphatic carbocycles. The first-order chi connectivity index (χ1) is 11.1. The van der Waals surface area contributed by atoms with Crippen molar-refractivity contribution in [1.29, 1.82) is 0 Å². The van der Waals surface area contributed by atoms with Crippen molar-refractivity contribution in [2.24, 2.45) is 5.92 Å². The molecule has 2 aromatic carbocycles. The minimum Gasteiger partial charge on any atom is -0.299 e. The molecule has 0 aromatic heterocycles. The Morgan fingerprint density at radius 3 is 2.39 bits per heavy atom. The van der Waals surface area contributed by atoms with E-state index in [-0.39, 0.29) is 23.4 Å². The summed E-state index contributed by atoms with van der Waals surface area (Å²) >= 11 is 5.97. The van der Waals surface area contributed by atoms with Crippen molar-refractivity contribution >= 4 is 23.2 Å². The molecule has 0 radical (unpaired) electrons. The number of benzene rings is 2. The Kier molecular flexibility index (Phi) is 4.92. The molecular weight excluding hydrogens is 308 g/mol. The van der Waals surface area contributed by atoms with Gasteiger partial charge in [0, 0.05) is 35.3 Å². The highest BCUT2D eigenvalue weighted by atomic mass is 35.5. The largest absolute Gasteiger partial charge is 0.299 e. The minimum atomic E-state index is -0.0602. The third-order valence-corrected chi connectivity index (χ3v) is 4.89. The number of carbonyl (C=O) groups is 2. The second-order valence-electron chi connectivity index (χ2n) is 6.12. The van der Waals surface area contributed by atoms with E-state index in [0.29, 0.717) is 23.4 Å². The fourth-order valence-electron chi connectivity index (χ4n) is 3.41. The first kappa shape index (κ1) is 15.9. The predicted octanol–water partition coefficient (Wildman–Crippen LogP) is 5.07. The number of hydrogen-bond donors (Lipinski definition) is 0. The molecule has 1 fully saturated rings. The van der Waals surface area contributed by atoms with Crippen molar-refractivity contribution in [2.45, 2.75) is 31.6 Å². The van der Waals surface area contributed by atoms with Gasteiger partial charge in [-0.25, -0.2) is 0 Å². The molecule has 0 heterocycles. The van der Waals surface area contributed by atoms with E-state index in [1.165, 1.54) is 0 Å². The van der Waals surface area contributed by atoms with Crippen LogP contribution in [0.15, 0.2) is 54.6 Å². The highest BCUT2D eigenvalue weighted by Crippen LogP contribution is 2.38. The Morgan fingerprint density at radius 1 is 1.09 bits per heavy atom. The minimum absolute atomic E-state index is 0.0520. The van der Waals surface area contributed by atoms with E-state index >= 15 is 0 Å². The Balaban J connectivity index is 1.87. The highest BCUT2D eigenvalue weighted by Gasteiger charge is 2.34. The van der Waals surface area contributed by atoms with E-state index in [2.05, 4.69) is 0 Å². The number of carbonyl (C=O) groups excluding carboxylic acids is 2. The molecule has 0 unspecified atom stereocenters. The summed E-state index contributed by atoms with van der Waals surface area (Å²) in [5.74, 6) is 0.259. The van der Waals surface area contributed by atoms with Crippen molar-refractivity contribution in [3.05, 3.63) is 70.7 Å². The summed E-state index contributed by atoms with van der Waals surface area (Å²) in [7, 11) is 0. The van der Waals surface area contributed by atoms with Crippen LogP contribution in [0.25, 0.3) is 0 Å². The van der Waals surface area contributed by atoms with Crippen LogP contribution in [0.3, 0.4) is 0 Å². The number of hydrogen-bond acceptors (Lipinski definition) is 2. The van der Waals surface area contributed by atoms with E-state index in [1.54, 1.807) is 0 Å². The van der Waals surface area contributed by atoms with Crippen LogP contribution in [-0.4, -0.2) is 11.6 Å². The number of halogens is 1. The fourth-order valence-corrected chi connectivity index (χ4v) is 3.54. The molecule has 0 spiro atoms. The van der Waals surface area contributed by atoms with Gasteiger partial charge >= 0.3 is 0 Å². The second-order valence-corrected chi connectivity index (χ2v) is 6.55. The van der Waals surface area contributed by atoms with Gasteiger partial charge in [-0.15, -0.1) is 0 Å². The van der Waals surface area contributed by atoms with Crippen LogP contribution < -0.4 is 0 Å². The van der Waals surface area contributed by atoms with Gasteiger partial charge in [0.1, 0.15) is 5.78 Å². The van der Waals surface area contributed by atoms with Crippen molar-refractivity contribution in [3.8, 4) is 0 Å². The third kappa shape index (κ3) is 3.70. The molecule has 0 amide bonds. The average molecular weight is 327 g/mol. The summed E-state index contributed by atoms with van der Waals surface area (Å²) in [6.07, 6.45) is 2.79. The van der Waals surface area contributed by atoms with E-state index in [1.807, 2.05) is 54.6 Å². The molecule has 1 saturated carbocycles. The summed E-state index contributed by atoms with van der Waals surface area (Å²) in [5, 5.41) is 0.666. The van der Waals surface area contributed by atoms with E-state index < -0.39 is 0 Å². The molecule has 2 atom stereocenters. The van der Waals surface area contributed by atoms with Crippen LogP contribution in [0.1, 0.15) is 47.5 Å². The van der Waals surface area contributed by atoms with Gasteiger partial charge in [-0.3, -0.25) is 9.59 Å². The van der Waals surface area contributed by atoms with Gasteiger partial charge in [-0.1, -0.05) is 54.1 Å². The molecule has 118 valence electrons. The number of Topliss-reactive ketones (excluding diaryl/α,β-unsaturated/α-hetero) is 2. The summed E-state index contributed by atoms with van der Waals surface area (Å²) in [4.78, 5) is 24.9. The number of rotatable bonds is 5. The molecule has 23 heavy (non-hydrogen) atoms. The first-order valence-corrected chi connectivity index (χ1v) is 8.39. The molecule has 1 aliphatic rings. The summed E-state index contributed by atoms with van der Waals surface area (Å²) < 4.78 is 0. The highest BCUT2D eigenvalue weighted by molar-refractivity contribution is 6.30. The lowest BCUT2D eigenvalue weighted by molar-refractivity contribution is -0.121. The third-order valence-electron chi connectivity index (χ3n) is 4.64. The first-order valence-electron chi connectivity index (χ1n) is 8.01. The van der Waals surface area contributed by atoms with Crippen LogP contribution in [0, 0.1) is 5.92 Å². The van der Waals surface area contributed by atoms with Crippen LogP contribution >= 0.6 is 11.6 Å². The zero-order valence-corrected chi connectivity index (χ0v) is 13.6. The maximum absolute atomic E-state index is 12.6. The summed E-state index contributed by atoms with van der Waals surface area (Å²) in [6.45, 7) is 0. The van der Waals surface area contributed by atoms with Crippen LogP contribution in [0.2, 0.25) is 5.02 Å². The van der Waals surface area contributed by atoms with Gasteiger partial charge in [-0.2, -0.15) is 0 Å². The van der Waals surface area contributed by atoms with E-state index in [9.17, 15) is 9.59 Å². The fraction of sp³-hybridized carbons (Fsp3) is 0.300. The normalized spacial score (nSPS) is 18.8. The summed E-state index contributed by atoms with van der Waals surface area (Å²) in [5.41, 5.74) is 1.73. The van der Waals surface area contributed by atoms with Crippen molar-refractivity contribution < 1.29 is 9.59 Å². The van der Waals surface area contributed by atoms with Crippen LogP contribution in [0.5, 0.6) is 0 Å². The topological polar surface area (TPSA) is 34.1 Å². The van der Waals surface area contributed by atoms with Gasteiger partial charge in [0.05, 0.1) is 0 Å². The lowest BCUT2D eigenvalue weighted by Gasteiger charge is -2.22. The quantitative estimate of drug-likeness (QED) is 0.719. The Labute approximate surface area is 141 Å². The standard InChI is InChI=1S/C20H19ClO2/c21-16-11-9-14(10-12-16)18(17-7-4-8-19(17)22)13-20(23)15-5-2-1-3-6-15/h1-3,5-6,9-12,17-18H,4,7-8,13H2/t17-,18-/m1/s1. The van der Waals surface area contributed by atoms with Gasteiger partial charge in [0.25, 0.3) is 0 Å². The molecule has 2 nitrogen and oxygen atoms in total. The Morgan fingerprint density at radius 2 is 1.78 bits per heavy atom. The van der Waals surface area contributed by atoms with Gasteiger partial charge in [0.15, 0.2) is 5.78 Å². The Hall–Kier alpha value is -1.93. The Bertz CT molecular complexity index is 691. The average Bonchev–Trinajstić information content (AvgIpc) is 3.00. The van der Waals surface area contributed by atoms with Gasteiger partial charge in [0.2, 0.25) is 0 Å². The molecule has 2 aromatic rings. The van der Waals surface area contributed by atoms with Crippen molar-refractivity contribution in [1.82, 2.24) is 0 Å². The van der Waals surface area contributed by atoms with Crippen molar-refractivity contribution in [2.75, 3.05) is 0 Å². The molecule has 0 aliphatic heterocycles.